The maximum Gasteiger partial charge on any atom is 0.350 e. The van der Waals surface area contributed by atoms with Gasteiger partial charge in [-0.15, -0.1) is 23.1 Å². The largest absolute Gasteiger partial charge is 0.465 e. The lowest BCUT2D eigenvalue weighted by Crippen LogP contribution is -2.36. The summed E-state index contributed by atoms with van der Waals surface area (Å²) in [6, 6.07) is 0. The number of rotatable bonds is 4. The zero-order valence-electron chi connectivity index (χ0n) is 11.7. The van der Waals surface area contributed by atoms with Crippen LogP contribution in [0, 0.1) is 5.92 Å². The van der Waals surface area contributed by atoms with E-state index in [9.17, 15) is 9.90 Å². The van der Waals surface area contributed by atoms with Gasteiger partial charge >= 0.3 is 5.97 Å². The lowest BCUT2D eigenvalue weighted by molar-refractivity contribution is 0.0607. The van der Waals surface area contributed by atoms with Gasteiger partial charge in [0.2, 0.25) is 0 Å². The van der Waals surface area contributed by atoms with E-state index in [2.05, 4.69) is 4.90 Å². The summed E-state index contributed by atoms with van der Waals surface area (Å²) in [5, 5.41) is 10.4. The third kappa shape index (κ3) is 2.89. The highest BCUT2D eigenvalue weighted by Crippen LogP contribution is 2.45. The molecule has 1 aromatic rings. The van der Waals surface area contributed by atoms with Gasteiger partial charge in [0.15, 0.2) is 0 Å². The van der Waals surface area contributed by atoms with Crippen molar-refractivity contribution in [2.24, 2.45) is 5.92 Å². The number of piperidine rings is 1. The Morgan fingerprint density at radius 1 is 1.65 bits per heavy atom. The average Bonchev–Trinajstić information content (AvgIpc) is 2.83. The molecule has 0 spiro atoms. The van der Waals surface area contributed by atoms with E-state index in [-0.39, 0.29) is 12.6 Å². The van der Waals surface area contributed by atoms with E-state index >= 15 is 0 Å². The van der Waals surface area contributed by atoms with Gasteiger partial charge in [-0.05, 0) is 25.0 Å². The van der Waals surface area contributed by atoms with Crippen molar-refractivity contribution in [2.75, 3.05) is 43.7 Å². The number of nitrogen functional groups attached to an aromatic ring is 1. The monoisotopic (exact) mass is 316 g/mol. The molecule has 0 bridgehead atoms. The minimum absolute atomic E-state index is 0.204. The molecule has 2 rings (SSSR count). The van der Waals surface area contributed by atoms with Gasteiger partial charge in [-0.3, -0.25) is 0 Å². The van der Waals surface area contributed by atoms with Crippen molar-refractivity contribution in [1.29, 1.82) is 0 Å². The number of thiophene rings is 1. The maximum atomic E-state index is 11.8. The first-order chi connectivity index (χ1) is 9.62. The first-order valence-electron chi connectivity index (χ1n) is 6.52. The topological polar surface area (TPSA) is 75.8 Å². The number of carbonyl (C=O) groups excluding carboxylic acids is 1. The van der Waals surface area contributed by atoms with Gasteiger partial charge in [-0.25, -0.2) is 4.79 Å². The predicted octanol–water partition coefficient (Wildman–Crippen LogP) is 2.05. The second kappa shape index (κ2) is 6.69. The standard InChI is InChI=1S/C13H20N2O3S2/c1-18-13(17)11-9(14)10(19-2)12(20-11)15-5-3-4-8(6-15)7-16/h8,16H,3-7,14H2,1-2H3. The van der Waals surface area contributed by atoms with Crippen molar-refractivity contribution in [3.63, 3.8) is 0 Å². The van der Waals surface area contributed by atoms with Gasteiger partial charge in [0.05, 0.1) is 17.7 Å². The third-order valence-corrected chi connectivity index (χ3v) is 5.72. The van der Waals surface area contributed by atoms with Crippen LogP contribution in [-0.4, -0.2) is 44.1 Å². The molecular formula is C13H20N2O3S2. The van der Waals surface area contributed by atoms with E-state index in [0.29, 0.717) is 16.5 Å². The van der Waals surface area contributed by atoms with Crippen LogP contribution in [-0.2, 0) is 4.74 Å². The minimum atomic E-state index is -0.384. The lowest BCUT2D eigenvalue weighted by Gasteiger charge is -2.33. The fourth-order valence-electron chi connectivity index (χ4n) is 2.46. The molecule has 1 aromatic heterocycles. The molecule has 0 radical (unpaired) electrons. The number of nitrogens with two attached hydrogens (primary N) is 1. The van der Waals surface area contributed by atoms with Gasteiger partial charge < -0.3 is 20.5 Å². The SMILES string of the molecule is COC(=O)c1sc(N2CCCC(CO)C2)c(SC)c1N. The number of aliphatic hydroxyl groups is 1. The number of methoxy groups -OCH3 is 1. The van der Waals surface area contributed by atoms with Crippen molar-refractivity contribution in [3.8, 4) is 0 Å². The van der Waals surface area contributed by atoms with Crippen molar-refractivity contribution < 1.29 is 14.6 Å². The van der Waals surface area contributed by atoms with E-state index in [1.807, 2.05) is 6.26 Å². The Morgan fingerprint density at radius 3 is 3.00 bits per heavy atom. The molecule has 0 amide bonds. The average molecular weight is 316 g/mol. The summed E-state index contributed by atoms with van der Waals surface area (Å²) in [7, 11) is 1.36. The Balaban J connectivity index is 2.33. The van der Waals surface area contributed by atoms with Crippen LogP contribution in [0.1, 0.15) is 22.5 Å². The third-order valence-electron chi connectivity index (χ3n) is 3.52. The van der Waals surface area contributed by atoms with Gasteiger partial charge in [0, 0.05) is 19.7 Å². The summed E-state index contributed by atoms with van der Waals surface area (Å²) >= 11 is 2.93. The highest BCUT2D eigenvalue weighted by Gasteiger charge is 2.27. The summed E-state index contributed by atoms with van der Waals surface area (Å²) < 4.78 is 4.78. The maximum absolute atomic E-state index is 11.8. The molecule has 112 valence electrons. The second-order valence-electron chi connectivity index (χ2n) is 4.81. The van der Waals surface area contributed by atoms with Crippen LogP contribution in [0.25, 0.3) is 0 Å². The molecule has 20 heavy (non-hydrogen) atoms. The van der Waals surface area contributed by atoms with Crippen LogP contribution in [0.15, 0.2) is 4.90 Å². The Morgan fingerprint density at radius 2 is 2.40 bits per heavy atom. The minimum Gasteiger partial charge on any atom is -0.465 e. The molecular weight excluding hydrogens is 296 g/mol. The fourth-order valence-corrected chi connectivity index (χ4v) is 4.60. The van der Waals surface area contributed by atoms with Crippen LogP contribution in [0.3, 0.4) is 0 Å². The number of hydrogen-bond donors (Lipinski definition) is 2. The molecule has 1 aliphatic rings. The van der Waals surface area contributed by atoms with E-state index in [1.54, 1.807) is 11.8 Å². The molecule has 1 atom stereocenters. The first kappa shape index (κ1) is 15.5. The molecule has 3 N–H and O–H groups in total. The van der Waals surface area contributed by atoms with Gasteiger partial charge in [0.1, 0.15) is 9.88 Å². The molecule has 1 aliphatic heterocycles. The van der Waals surface area contributed by atoms with Gasteiger partial charge in [-0.2, -0.15) is 0 Å². The summed E-state index contributed by atoms with van der Waals surface area (Å²) in [5.74, 6) is -0.0897. The fraction of sp³-hybridized carbons (Fsp3) is 0.615. The first-order valence-corrected chi connectivity index (χ1v) is 8.56. The quantitative estimate of drug-likeness (QED) is 0.654. The molecule has 1 unspecified atom stereocenters. The predicted molar refractivity (Wildman–Crippen MR) is 83.9 cm³/mol. The van der Waals surface area contributed by atoms with E-state index in [0.717, 1.165) is 35.8 Å². The smallest absolute Gasteiger partial charge is 0.350 e. The van der Waals surface area contributed by atoms with Gasteiger partial charge in [-0.1, -0.05) is 0 Å². The summed E-state index contributed by atoms with van der Waals surface area (Å²) in [5.41, 5.74) is 6.59. The zero-order valence-corrected chi connectivity index (χ0v) is 13.4. The summed E-state index contributed by atoms with van der Waals surface area (Å²) in [6.07, 6.45) is 4.05. The van der Waals surface area contributed by atoms with Crippen LogP contribution in [0.2, 0.25) is 0 Å². The molecule has 0 aromatic carbocycles. The number of thioether (sulfide) groups is 1. The zero-order chi connectivity index (χ0) is 14.7. The normalized spacial score (nSPS) is 19.1. The van der Waals surface area contributed by atoms with Crippen molar-refractivity contribution in [2.45, 2.75) is 17.7 Å². The highest BCUT2D eigenvalue weighted by atomic mass is 32.2. The van der Waals surface area contributed by atoms with Crippen LogP contribution >= 0.6 is 23.1 Å². The van der Waals surface area contributed by atoms with Crippen LogP contribution in [0.4, 0.5) is 10.7 Å². The van der Waals surface area contributed by atoms with Crippen molar-refractivity contribution >= 4 is 39.8 Å². The molecule has 1 saturated heterocycles. The summed E-state index contributed by atoms with van der Waals surface area (Å²) in [6.45, 7) is 1.95. The number of esters is 1. The summed E-state index contributed by atoms with van der Waals surface area (Å²) in [4.78, 5) is 15.4. The molecule has 5 nitrogen and oxygen atoms in total. The number of aliphatic hydroxyl groups excluding tert-OH is 1. The molecule has 0 saturated carbocycles. The molecule has 1 fully saturated rings. The Hall–Kier alpha value is -0.920. The Bertz CT molecular complexity index is 490. The van der Waals surface area contributed by atoms with E-state index in [1.165, 1.54) is 18.4 Å². The number of ether oxygens (including phenoxy) is 1. The molecule has 0 aliphatic carbocycles. The Kier molecular flexibility index (Phi) is 5.17. The Labute approximate surface area is 127 Å². The van der Waals surface area contributed by atoms with Crippen LogP contribution < -0.4 is 10.6 Å². The number of anilines is 2. The number of carbonyl (C=O) groups is 1. The van der Waals surface area contributed by atoms with Crippen molar-refractivity contribution in [3.05, 3.63) is 4.88 Å². The molecule has 7 heteroatoms. The molecule has 2 heterocycles. The van der Waals surface area contributed by atoms with Crippen molar-refractivity contribution in [1.82, 2.24) is 0 Å². The number of nitrogens with zero attached hydrogens (tertiary/aromatic N) is 1. The highest BCUT2D eigenvalue weighted by molar-refractivity contribution is 7.99. The second-order valence-corrected chi connectivity index (χ2v) is 6.63. The number of hydrogen-bond acceptors (Lipinski definition) is 7. The van der Waals surface area contributed by atoms with Gasteiger partial charge in [0.25, 0.3) is 0 Å². The van der Waals surface area contributed by atoms with E-state index < -0.39 is 0 Å². The lowest BCUT2D eigenvalue weighted by atomic mass is 9.99. The van der Waals surface area contributed by atoms with E-state index in [4.69, 9.17) is 10.5 Å². The van der Waals surface area contributed by atoms with Crippen LogP contribution in [0.5, 0.6) is 0 Å².